The van der Waals surface area contributed by atoms with Gasteiger partial charge in [-0.3, -0.25) is 24.5 Å². The van der Waals surface area contributed by atoms with Crippen molar-refractivity contribution in [2.24, 2.45) is 7.05 Å². The average molecular weight is 272 g/mol. The predicted molar refractivity (Wildman–Crippen MR) is 71.6 cm³/mol. The van der Waals surface area contributed by atoms with Crippen LogP contribution in [0.25, 0.3) is 10.9 Å². The van der Waals surface area contributed by atoms with E-state index in [1.807, 2.05) is 0 Å². The van der Waals surface area contributed by atoms with Crippen LogP contribution in [0.3, 0.4) is 0 Å². The molecule has 1 saturated heterocycles. The number of nitrogens with zero attached hydrogens (tertiary/aromatic N) is 3. The van der Waals surface area contributed by atoms with Gasteiger partial charge >= 0.3 is 6.03 Å². The monoisotopic (exact) mass is 272 g/mol. The summed E-state index contributed by atoms with van der Waals surface area (Å²) in [4.78, 5) is 35.4. The molecule has 1 fully saturated rings. The Morgan fingerprint density at radius 2 is 2.15 bits per heavy atom. The van der Waals surface area contributed by atoms with Crippen LogP contribution in [0.2, 0.25) is 0 Å². The van der Waals surface area contributed by atoms with E-state index in [1.54, 1.807) is 29.9 Å². The van der Waals surface area contributed by atoms with Gasteiger partial charge in [0, 0.05) is 31.0 Å². The summed E-state index contributed by atoms with van der Waals surface area (Å²) in [6.07, 6.45) is 1.00. The lowest BCUT2D eigenvalue weighted by molar-refractivity contribution is -0.120. The van der Waals surface area contributed by atoms with E-state index >= 15 is 0 Å². The van der Waals surface area contributed by atoms with E-state index in [9.17, 15) is 14.4 Å². The van der Waals surface area contributed by atoms with Gasteiger partial charge in [0.05, 0.1) is 5.52 Å². The van der Waals surface area contributed by atoms with Crippen molar-refractivity contribution in [2.75, 3.05) is 11.4 Å². The van der Waals surface area contributed by atoms with Crippen molar-refractivity contribution >= 4 is 34.9 Å². The predicted octanol–water partition coefficient (Wildman–Crippen LogP) is 0.832. The third-order valence-corrected chi connectivity index (χ3v) is 3.27. The number of anilines is 1. The number of aromatic nitrogens is 2. The molecule has 0 saturated carbocycles. The fourth-order valence-electron chi connectivity index (χ4n) is 2.36. The molecule has 0 radical (unpaired) electrons. The minimum absolute atomic E-state index is 0.255. The molecule has 0 unspecified atom stereocenters. The number of urea groups is 1. The number of aryl methyl sites for hydroxylation is 1. The Hall–Kier alpha value is -2.70. The van der Waals surface area contributed by atoms with Crippen molar-refractivity contribution in [1.29, 1.82) is 0 Å². The van der Waals surface area contributed by atoms with Gasteiger partial charge in [-0.25, -0.2) is 4.79 Å². The van der Waals surface area contributed by atoms with E-state index < -0.39 is 6.03 Å². The summed E-state index contributed by atoms with van der Waals surface area (Å²) in [7, 11) is 1.72. The van der Waals surface area contributed by atoms with Crippen LogP contribution < -0.4 is 10.2 Å². The van der Waals surface area contributed by atoms with Crippen LogP contribution in [0, 0.1) is 0 Å². The van der Waals surface area contributed by atoms with Gasteiger partial charge in [0.1, 0.15) is 12.1 Å². The van der Waals surface area contributed by atoms with Crippen molar-refractivity contribution in [3.8, 4) is 0 Å². The molecule has 7 heteroatoms. The molecule has 1 N–H and O–H groups in total. The number of rotatable bonds is 2. The van der Waals surface area contributed by atoms with Crippen molar-refractivity contribution < 1.29 is 14.4 Å². The summed E-state index contributed by atoms with van der Waals surface area (Å²) in [5.41, 5.74) is 1.16. The number of carbonyl (C=O) groups is 3. The van der Waals surface area contributed by atoms with Gasteiger partial charge in [0.25, 0.3) is 0 Å². The Labute approximate surface area is 114 Å². The Morgan fingerprint density at radius 3 is 2.85 bits per heavy atom. The van der Waals surface area contributed by atoms with E-state index in [4.69, 9.17) is 0 Å². The zero-order valence-electron chi connectivity index (χ0n) is 10.8. The second kappa shape index (κ2) is 4.44. The maximum Gasteiger partial charge on any atom is 0.329 e. The van der Waals surface area contributed by atoms with Crippen LogP contribution >= 0.6 is 0 Å². The minimum atomic E-state index is -0.453. The topological polar surface area (TPSA) is 84.3 Å². The van der Waals surface area contributed by atoms with Crippen LogP contribution in [0.4, 0.5) is 10.6 Å². The van der Waals surface area contributed by atoms with Crippen LogP contribution in [0.15, 0.2) is 18.2 Å². The highest BCUT2D eigenvalue weighted by Gasteiger charge is 2.28. The third kappa shape index (κ3) is 1.83. The van der Waals surface area contributed by atoms with Crippen LogP contribution in [-0.2, 0) is 11.8 Å². The number of imide groups is 1. The van der Waals surface area contributed by atoms with Gasteiger partial charge in [-0.15, -0.1) is 0 Å². The largest absolute Gasteiger partial charge is 0.329 e. The maximum atomic E-state index is 11.9. The van der Waals surface area contributed by atoms with Gasteiger partial charge < -0.3 is 0 Å². The normalized spacial score (nSPS) is 15.6. The average Bonchev–Trinajstić information content (AvgIpc) is 2.74. The van der Waals surface area contributed by atoms with E-state index in [0.29, 0.717) is 23.4 Å². The quantitative estimate of drug-likeness (QED) is 0.821. The fraction of sp³-hybridized carbons (Fsp3) is 0.231. The van der Waals surface area contributed by atoms with Gasteiger partial charge in [0.15, 0.2) is 0 Å². The number of amides is 3. The summed E-state index contributed by atoms with van der Waals surface area (Å²) in [5, 5.41) is 7.35. The third-order valence-electron chi connectivity index (χ3n) is 3.27. The molecule has 1 aromatic heterocycles. The molecule has 0 spiro atoms. The Balaban J connectivity index is 2.11. The minimum Gasteiger partial charge on any atom is -0.298 e. The lowest BCUT2D eigenvalue weighted by Gasteiger charge is -2.26. The first-order chi connectivity index (χ1) is 9.60. The van der Waals surface area contributed by atoms with E-state index in [-0.39, 0.29) is 12.3 Å². The molecule has 2 heterocycles. The smallest absolute Gasteiger partial charge is 0.298 e. The van der Waals surface area contributed by atoms with Crippen LogP contribution in [-0.4, -0.2) is 34.5 Å². The van der Waals surface area contributed by atoms with Gasteiger partial charge in [-0.1, -0.05) is 6.07 Å². The summed E-state index contributed by atoms with van der Waals surface area (Å²) in [6.45, 7) is 0.314. The molecule has 7 nitrogen and oxygen atoms in total. The Bertz CT molecular complexity index is 735. The second-order valence-electron chi connectivity index (χ2n) is 4.60. The van der Waals surface area contributed by atoms with Gasteiger partial charge in [-0.2, -0.15) is 5.10 Å². The highest BCUT2D eigenvalue weighted by Crippen LogP contribution is 2.27. The summed E-state index contributed by atoms with van der Waals surface area (Å²) < 4.78 is 1.58. The highest BCUT2D eigenvalue weighted by atomic mass is 16.2. The second-order valence-corrected chi connectivity index (χ2v) is 4.60. The first-order valence-corrected chi connectivity index (χ1v) is 6.13. The van der Waals surface area contributed by atoms with E-state index in [0.717, 1.165) is 11.7 Å². The number of aldehydes is 1. The van der Waals surface area contributed by atoms with Crippen molar-refractivity contribution in [1.82, 2.24) is 15.1 Å². The number of benzene rings is 1. The standard InChI is InChI=1S/C13H12N4O3/c1-16-12(17-5-4-11(19)14-13(17)20)9-3-2-8(7-18)6-10(9)15-16/h2-3,6-7H,4-5H2,1H3,(H,14,19,20). The molecule has 102 valence electrons. The SMILES string of the molecule is Cn1nc2cc(C=O)ccc2c1N1CCC(=O)NC1=O. The van der Waals surface area contributed by atoms with Crippen molar-refractivity contribution in [3.63, 3.8) is 0 Å². The molecule has 1 aromatic carbocycles. The number of hydrogen-bond acceptors (Lipinski definition) is 4. The molecule has 1 aliphatic rings. The highest BCUT2D eigenvalue weighted by molar-refractivity contribution is 6.09. The van der Waals surface area contributed by atoms with Gasteiger partial charge in [0.2, 0.25) is 5.91 Å². The fourth-order valence-corrected chi connectivity index (χ4v) is 2.36. The van der Waals surface area contributed by atoms with Crippen LogP contribution in [0.1, 0.15) is 16.8 Å². The van der Waals surface area contributed by atoms with Crippen LogP contribution in [0.5, 0.6) is 0 Å². The number of hydrogen-bond donors (Lipinski definition) is 1. The lowest BCUT2D eigenvalue weighted by atomic mass is 10.1. The zero-order chi connectivity index (χ0) is 14.3. The molecule has 2 aromatic rings. The molecule has 0 aliphatic carbocycles. The Morgan fingerprint density at radius 1 is 1.35 bits per heavy atom. The molecule has 1 aliphatic heterocycles. The maximum absolute atomic E-state index is 11.9. The summed E-state index contributed by atoms with van der Waals surface area (Å²) in [6, 6.07) is 4.64. The summed E-state index contributed by atoms with van der Waals surface area (Å²) >= 11 is 0. The van der Waals surface area contributed by atoms with E-state index in [1.165, 1.54) is 4.90 Å². The lowest BCUT2D eigenvalue weighted by Crippen LogP contribution is -2.50. The number of fused-ring (bicyclic) bond motifs is 1. The number of carbonyl (C=O) groups excluding carboxylic acids is 3. The molecule has 3 rings (SSSR count). The molecular formula is C13H12N4O3. The zero-order valence-corrected chi connectivity index (χ0v) is 10.8. The Kier molecular flexibility index (Phi) is 2.74. The number of nitrogens with one attached hydrogen (secondary N) is 1. The van der Waals surface area contributed by atoms with E-state index in [2.05, 4.69) is 10.4 Å². The molecule has 0 atom stereocenters. The first-order valence-electron chi connectivity index (χ1n) is 6.13. The van der Waals surface area contributed by atoms with Crippen molar-refractivity contribution in [3.05, 3.63) is 23.8 Å². The molecule has 3 amide bonds. The summed E-state index contributed by atoms with van der Waals surface area (Å²) in [5.74, 6) is 0.336. The van der Waals surface area contributed by atoms with Gasteiger partial charge in [-0.05, 0) is 12.1 Å². The molecular weight excluding hydrogens is 260 g/mol. The van der Waals surface area contributed by atoms with Crippen molar-refractivity contribution in [2.45, 2.75) is 6.42 Å². The molecule has 0 bridgehead atoms. The first kappa shape index (κ1) is 12.3. The molecule has 20 heavy (non-hydrogen) atoms.